The van der Waals surface area contributed by atoms with Crippen LogP contribution >= 0.6 is 23.2 Å². The van der Waals surface area contributed by atoms with Crippen LogP contribution in [0.2, 0.25) is 0 Å². The third kappa shape index (κ3) is 14.4. The molecule has 0 radical (unpaired) electrons. The molecule has 0 rings (SSSR count). The zero-order chi connectivity index (χ0) is 15.1. The zero-order valence-electron chi connectivity index (χ0n) is 12.8. The van der Waals surface area contributed by atoms with Gasteiger partial charge in [-0.25, -0.2) is 0 Å². The lowest BCUT2D eigenvalue weighted by atomic mass is 10.0. The van der Waals surface area contributed by atoms with Crippen LogP contribution in [0.25, 0.3) is 0 Å². The second-order valence-corrected chi connectivity index (χ2v) is 6.58. The standard InChI is InChI=1S/C16H29Cl2NO/c1-2-3-4-5-6-7-8-11-15(12-9-10-13-19)20-14-16(17)18/h15-16H,2-12,14H2,1H3. The van der Waals surface area contributed by atoms with Crippen LogP contribution in [0.5, 0.6) is 0 Å². The van der Waals surface area contributed by atoms with E-state index >= 15 is 0 Å². The third-order valence-electron chi connectivity index (χ3n) is 3.40. The smallest absolute Gasteiger partial charge is 0.131 e. The van der Waals surface area contributed by atoms with Gasteiger partial charge in [0.2, 0.25) is 0 Å². The zero-order valence-corrected chi connectivity index (χ0v) is 14.3. The number of ether oxygens (including phenoxy) is 1. The highest BCUT2D eigenvalue weighted by molar-refractivity contribution is 6.44. The highest BCUT2D eigenvalue weighted by Crippen LogP contribution is 2.16. The van der Waals surface area contributed by atoms with Crippen molar-refractivity contribution >= 4 is 23.2 Å². The number of hydrogen-bond acceptors (Lipinski definition) is 2. The van der Waals surface area contributed by atoms with Gasteiger partial charge in [0.1, 0.15) is 4.84 Å². The third-order valence-corrected chi connectivity index (χ3v) is 3.65. The van der Waals surface area contributed by atoms with E-state index < -0.39 is 4.84 Å². The molecular formula is C16H29Cl2NO. The van der Waals surface area contributed by atoms with Crippen LogP contribution < -0.4 is 0 Å². The molecule has 0 spiro atoms. The lowest BCUT2D eigenvalue weighted by Gasteiger charge is -2.17. The van der Waals surface area contributed by atoms with E-state index in [0.29, 0.717) is 13.0 Å². The molecule has 0 saturated carbocycles. The molecule has 20 heavy (non-hydrogen) atoms. The summed E-state index contributed by atoms with van der Waals surface area (Å²) >= 11 is 11.4. The predicted octanol–water partition coefficient (Wildman–Crippen LogP) is 6.01. The molecule has 0 fully saturated rings. The van der Waals surface area contributed by atoms with Gasteiger partial charge in [-0.2, -0.15) is 5.26 Å². The van der Waals surface area contributed by atoms with E-state index in [4.69, 9.17) is 33.2 Å². The van der Waals surface area contributed by atoms with E-state index in [9.17, 15) is 0 Å². The summed E-state index contributed by atoms with van der Waals surface area (Å²) in [7, 11) is 0. The number of nitriles is 1. The minimum Gasteiger partial charge on any atom is -0.375 e. The van der Waals surface area contributed by atoms with Crippen molar-refractivity contribution in [3.05, 3.63) is 0 Å². The van der Waals surface area contributed by atoms with Crippen molar-refractivity contribution in [3.8, 4) is 6.07 Å². The summed E-state index contributed by atoms with van der Waals surface area (Å²) in [5, 5.41) is 8.58. The van der Waals surface area contributed by atoms with Crippen molar-refractivity contribution in [2.75, 3.05) is 6.61 Å². The number of halogens is 2. The largest absolute Gasteiger partial charge is 0.375 e. The minimum absolute atomic E-state index is 0.207. The fourth-order valence-electron chi connectivity index (χ4n) is 2.26. The van der Waals surface area contributed by atoms with E-state index in [0.717, 1.165) is 19.3 Å². The predicted molar refractivity (Wildman–Crippen MR) is 87.3 cm³/mol. The van der Waals surface area contributed by atoms with E-state index in [2.05, 4.69) is 13.0 Å². The molecule has 4 heteroatoms. The van der Waals surface area contributed by atoms with Crippen LogP contribution in [-0.4, -0.2) is 17.5 Å². The molecule has 0 aromatic rings. The van der Waals surface area contributed by atoms with Crippen LogP contribution in [0.15, 0.2) is 0 Å². The number of nitrogens with zero attached hydrogens (tertiary/aromatic N) is 1. The maximum Gasteiger partial charge on any atom is 0.131 e. The van der Waals surface area contributed by atoms with Gasteiger partial charge in [0.05, 0.1) is 18.8 Å². The monoisotopic (exact) mass is 321 g/mol. The number of hydrogen-bond donors (Lipinski definition) is 0. The molecule has 0 aliphatic rings. The lowest BCUT2D eigenvalue weighted by molar-refractivity contribution is 0.0456. The molecule has 0 N–H and O–H groups in total. The first-order chi connectivity index (χ1) is 9.70. The quantitative estimate of drug-likeness (QED) is 0.290. The Morgan fingerprint density at radius 2 is 1.55 bits per heavy atom. The van der Waals surface area contributed by atoms with E-state index in [1.807, 2.05) is 0 Å². The molecule has 0 aromatic carbocycles. The number of rotatable bonds is 14. The first kappa shape index (κ1) is 20.0. The SMILES string of the molecule is CCCCCCCCCC(CCCC#N)OCC(Cl)Cl. The van der Waals surface area contributed by atoms with Crippen molar-refractivity contribution in [2.45, 2.75) is 88.5 Å². The first-order valence-corrected chi connectivity index (χ1v) is 8.84. The van der Waals surface area contributed by atoms with Crippen LogP contribution in [-0.2, 0) is 4.74 Å². The Balaban J connectivity index is 3.65. The molecule has 0 aromatic heterocycles. The molecule has 0 heterocycles. The summed E-state index contributed by atoms with van der Waals surface area (Å²) in [5.74, 6) is 0. The molecule has 2 nitrogen and oxygen atoms in total. The fraction of sp³-hybridized carbons (Fsp3) is 0.938. The Morgan fingerprint density at radius 3 is 2.15 bits per heavy atom. The number of unbranched alkanes of at least 4 members (excludes halogenated alkanes) is 7. The molecule has 118 valence electrons. The summed E-state index contributed by atoms with van der Waals surface area (Å²) in [6.45, 7) is 2.63. The van der Waals surface area contributed by atoms with Crippen molar-refractivity contribution in [3.63, 3.8) is 0 Å². The van der Waals surface area contributed by atoms with E-state index in [-0.39, 0.29) is 6.10 Å². The maximum atomic E-state index is 8.58. The Morgan fingerprint density at radius 1 is 0.950 bits per heavy atom. The first-order valence-electron chi connectivity index (χ1n) is 7.97. The van der Waals surface area contributed by atoms with Gasteiger partial charge in [0, 0.05) is 6.42 Å². The Bertz CT molecular complexity index is 241. The Hall–Kier alpha value is 0.0300. The average molecular weight is 322 g/mol. The van der Waals surface area contributed by atoms with Crippen molar-refractivity contribution in [1.29, 1.82) is 5.26 Å². The van der Waals surface area contributed by atoms with Gasteiger partial charge in [-0.1, -0.05) is 51.9 Å². The van der Waals surface area contributed by atoms with E-state index in [1.165, 1.54) is 44.9 Å². The Labute approximate surface area is 134 Å². The van der Waals surface area contributed by atoms with Crippen molar-refractivity contribution in [1.82, 2.24) is 0 Å². The van der Waals surface area contributed by atoms with Gasteiger partial charge in [0.15, 0.2) is 0 Å². The summed E-state index contributed by atoms with van der Waals surface area (Å²) < 4.78 is 5.72. The molecule has 1 atom stereocenters. The average Bonchev–Trinajstić information content (AvgIpc) is 2.43. The molecule has 0 aliphatic carbocycles. The van der Waals surface area contributed by atoms with Crippen LogP contribution in [0.3, 0.4) is 0 Å². The van der Waals surface area contributed by atoms with Gasteiger partial charge in [-0.05, 0) is 19.3 Å². The van der Waals surface area contributed by atoms with Crippen LogP contribution in [0, 0.1) is 11.3 Å². The number of alkyl halides is 2. The normalized spacial score (nSPS) is 12.6. The molecular weight excluding hydrogens is 293 g/mol. The van der Waals surface area contributed by atoms with Crippen LogP contribution in [0.4, 0.5) is 0 Å². The van der Waals surface area contributed by atoms with Gasteiger partial charge in [-0.3, -0.25) is 0 Å². The second-order valence-electron chi connectivity index (χ2n) is 5.31. The Kier molecular flexibility index (Phi) is 15.4. The van der Waals surface area contributed by atoms with Crippen molar-refractivity contribution < 1.29 is 4.74 Å². The summed E-state index contributed by atoms with van der Waals surface area (Å²) in [4.78, 5) is -0.456. The summed E-state index contributed by atoms with van der Waals surface area (Å²) in [5.41, 5.74) is 0. The summed E-state index contributed by atoms with van der Waals surface area (Å²) in [6.07, 6.45) is 12.8. The maximum absolute atomic E-state index is 8.58. The van der Waals surface area contributed by atoms with Gasteiger partial charge < -0.3 is 4.74 Å². The van der Waals surface area contributed by atoms with Gasteiger partial charge in [-0.15, -0.1) is 23.2 Å². The second kappa shape index (κ2) is 15.4. The highest BCUT2D eigenvalue weighted by atomic mass is 35.5. The topological polar surface area (TPSA) is 33.0 Å². The molecule has 0 saturated heterocycles. The molecule has 1 unspecified atom stereocenters. The minimum atomic E-state index is -0.456. The fourth-order valence-corrected chi connectivity index (χ4v) is 2.40. The molecule has 0 aliphatic heterocycles. The van der Waals surface area contributed by atoms with Gasteiger partial charge >= 0.3 is 0 Å². The lowest BCUT2D eigenvalue weighted by Crippen LogP contribution is -2.16. The van der Waals surface area contributed by atoms with Gasteiger partial charge in [0.25, 0.3) is 0 Å². The van der Waals surface area contributed by atoms with Crippen molar-refractivity contribution in [2.24, 2.45) is 0 Å². The summed E-state index contributed by atoms with van der Waals surface area (Å²) in [6, 6.07) is 2.18. The van der Waals surface area contributed by atoms with E-state index in [1.54, 1.807) is 0 Å². The molecule has 0 amide bonds. The highest BCUT2D eigenvalue weighted by Gasteiger charge is 2.10. The van der Waals surface area contributed by atoms with Crippen LogP contribution in [0.1, 0.15) is 77.6 Å². The molecule has 0 bridgehead atoms.